The van der Waals surface area contributed by atoms with E-state index in [0.717, 1.165) is 19.7 Å². The van der Waals surface area contributed by atoms with E-state index in [2.05, 4.69) is 32.6 Å². The highest BCUT2D eigenvalue weighted by molar-refractivity contribution is 4.80. The Kier molecular flexibility index (Phi) is 8.02. The van der Waals surface area contributed by atoms with E-state index in [1.807, 2.05) is 0 Å². The van der Waals surface area contributed by atoms with Crippen molar-refractivity contribution in [3.63, 3.8) is 0 Å². The minimum atomic E-state index is 0.447. The first-order valence-corrected chi connectivity index (χ1v) is 6.06. The number of hydrogen-bond donors (Lipinski definition) is 1. The van der Waals surface area contributed by atoms with Crippen LogP contribution in [0.25, 0.3) is 0 Å². The molecule has 0 heterocycles. The maximum Gasteiger partial charge on any atom is 0.0615 e. The lowest BCUT2D eigenvalue weighted by atomic mass is 9.96. The van der Waals surface area contributed by atoms with Gasteiger partial charge >= 0.3 is 0 Å². The Morgan fingerprint density at radius 1 is 1.27 bits per heavy atom. The molecule has 0 aromatic heterocycles. The lowest BCUT2D eigenvalue weighted by molar-refractivity contribution is 0.0561. The van der Waals surface area contributed by atoms with E-state index in [9.17, 15) is 0 Å². The number of nitrogens with zero attached hydrogens (tertiary/aromatic N) is 1. The van der Waals surface area contributed by atoms with Crippen LogP contribution in [-0.2, 0) is 4.74 Å². The molecule has 0 aliphatic heterocycles. The second-order valence-corrected chi connectivity index (χ2v) is 4.32. The molecule has 2 N–H and O–H groups in total. The molecule has 0 aromatic carbocycles. The van der Waals surface area contributed by atoms with Crippen LogP contribution in [0, 0.1) is 5.92 Å². The second kappa shape index (κ2) is 8.08. The van der Waals surface area contributed by atoms with Crippen molar-refractivity contribution in [2.75, 3.05) is 26.8 Å². The Morgan fingerprint density at radius 3 is 2.20 bits per heavy atom. The molecule has 0 rings (SSSR count). The van der Waals surface area contributed by atoms with Gasteiger partial charge in [0.15, 0.2) is 0 Å². The zero-order chi connectivity index (χ0) is 11.8. The van der Waals surface area contributed by atoms with E-state index >= 15 is 0 Å². The first-order chi connectivity index (χ1) is 7.12. The summed E-state index contributed by atoms with van der Waals surface area (Å²) in [6.45, 7) is 11.4. The van der Waals surface area contributed by atoms with Crippen molar-refractivity contribution >= 4 is 0 Å². The molecule has 3 atom stereocenters. The van der Waals surface area contributed by atoms with Crippen molar-refractivity contribution in [2.45, 2.75) is 46.2 Å². The molecule has 0 amide bonds. The van der Waals surface area contributed by atoms with Crippen LogP contribution >= 0.6 is 0 Å². The number of ether oxygens (including phenoxy) is 1. The van der Waals surface area contributed by atoms with Crippen LogP contribution in [0.1, 0.15) is 34.1 Å². The number of nitrogens with two attached hydrogens (primary N) is 1. The summed E-state index contributed by atoms with van der Waals surface area (Å²) in [6, 6.07) is 0.924. The van der Waals surface area contributed by atoms with Crippen LogP contribution < -0.4 is 5.73 Å². The Hall–Kier alpha value is -0.120. The van der Waals surface area contributed by atoms with Gasteiger partial charge in [-0.25, -0.2) is 0 Å². The van der Waals surface area contributed by atoms with E-state index in [1.54, 1.807) is 7.11 Å². The van der Waals surface area contributed by atoms with E-state index in [4.69, 9.17) is 10.5 Å². The van der Waals surface area contributed by atoms with Gasteiger partial charge in [0.1, 0.15) is 0 Å². The summed E-state index contributed by atoms with van der Waals surface area (Å²) >= 11 is 0. The summed E-state index contributed by atoms with van der Waals surface area (Å²) in [4.78, 5) is 2.46. The fourth-order valence-electron chi connectivity index (χ4n) is 2.18. The summed E-state index contributed by atoms with van der Waals surface area (Å²) in [5.74, 6) is 0.647. The standard InChI is InChI=1S/C12H28N2O/c1-6-10(3)12(8-13)14(7-2)11(4)9-15-5/h10-12H,6-9,13H2,1-5H3. The van der Waals surface area contributed by atoms with Crippen LogP contribution in [-0.4, -0.2) is 43.8 Å². The first kappa shape index (κ1) is 14.9. The predicted octanol–water partition coefficient (Wildman–Crippen LogP) is 1.72. The Balaban J connectivity index is 4.44. The second-order valence-electron chi connectivity index (χ2n) is 4.32. The number of hydrogen-bond acceptors (Lipinski definition) is 3. The SMILES string of the molecule is CCC(C)C(CN)N(CC)C(C)COC. The number of likely N-dealkylation sites (N-methyl/N-ethyl adjacent to an activating group) is 1. The highest BCUT2D eigenvalue weighted by Gasteiger charge is 2.24. The maximum atomic E-state index is 5.88. The van der Waals surface area contributed by atoms with Gasteiger partial charge < -0.3 is 10.5 Å². The van der Waals surface area contributed by atoms with Gasteiger partial charge in [-0.05, 0) is 19.4 Å². The van der Waals surface area contributed by atoms with E-state index in [1.165, 1.54) is 6.42 Å². The van der Waals surface area contributed by atoms with Gasteiger partial charge in [0.2, 0.25) is 0 Å². The van der Waals surface area contributed by atoms with Gasteiger partial charge in [0.05, 0.1) is 6.61 Å². The van der Waals surface area contributed by atoms with E-state index in [-0.39, 0.29) is 0 Å². The molecular weight excluding hydrogens is 188 g/mol. The normalized spacial score (nSPS) is 17.8. The summed E-state index contributed by atoms with van der Waals surface area (Å²) in [5, 5.41) is 0. The molecule has 0 bridgehead atoms. The van der Waals surface area contributed by atoms with Crippen molar-refractivity contribution in [3.8, 4) is 0 Å². The molecule has 15 heavy (non-hydrogen) atoms. The molecule has 0 spiro atoms. The topological polar surface area (TPSA) is 38.5 Å². The Bertz CT molecular complexity index is 153. The smallest absolute Gasteiger partial charge is 0.0615 e. The van der Waals surface area contributed by atoms with Gasteiger partial charge in [0, 0.05) is 25.7 Å². The Morgan fingerprint density at radius 2 is 1.87 bits per heavy atom. The highest BCUT2D eigenvalue weighted by Crippen LogP contribution is 2.16. The minimum absolute atomic E-state index is 0.447. The van der Waals surface area contributed by atoms with E-state index < -0.39 is 0 Å². The third kappa shape index (κ3) is 4.49. The van der Waals surface area contributed by atoms with Crippen molar-refractivity contribution in [3.05, 3.63) is 0 Å². The van der Waals surface area contributed by atoms with Gasteiger partial charge in [-0.15, -0.1) is 0 Å². The Labute approximate surface area is 95.0 Å². The van der Waals surface area contributed by atoms with Crippen LogP contribution in [0.2, 0.25) is 0 Å². The molecule has 0 saturated heterocycles. The van der Waals surface area contributed by atoms with Gasteiger partial charge in [-0.3, -0.25) is 4.90 Å². The molecule has 0 saturated carbocycles. The fourth-order valence-corrected chi connectivity index (χ4v) is 2.18. The zero-order valence-corrected chi connectivity index (χ0v) is 11.0. The molecule has 3 unspecified atom stereocenters. The van der Waals surface area contributed by atoms with Crippen LogP contribution in [0.15, 0.2) is 0 Å². The van der Waals surface area contributed by atoms with Crippen molar-refractivity contribution in [1.82, 2.24) is 4.90 Å². The molecule has 3 nitrogen and oxygen atoms in total. The third-order valence-electron chi connectivity index (χ3n) is 3.31. The van der Waals surface area contributed by atoms with Crippen molar-refractivity contribution in [1.29, 1.82) is 0 Å². The lowest BCUT2D eigenvalue weighted by Gasteiger charge is -2.38. The molecule has 0 aliphatic rings. The first-order valence-electron chi connectivity index (χ1n) is 6.06. The molecule has 0 fully saturated rings. The summed E-state index contributed by atoms with van der Waals surface area (Å²) < 4.78 is 5.21. The molecular formula is C12H28N2O. The molecule has 0 aromatic rings. The van der Waals surface area contributed by atoms with Crippen LogP contribution in [0.4, 0.5) is 0 Å². The highest BCUT2D eigenvalue weighted by atomic mass is 16.5. The van der Waals surface area contributed by atoms with Gasteiger partial charge in [0.25, 0.3) is 0 Å². The zero-order valence-electron chi connectivity index (χ0n) is 11.0. The lowest BCUT2D eigenvalue weighted by Crippen LogP contribution is -2.50. The summed E-state index contributed by atoms with van der Waals surface area (Å²) in [6.07, 6.45) is 1.18. The largest absolute Gasteiger partial charge is 0.383 e. The number of rotatable bonds is 8. The van der Waals surface area contributed by atoms with Crippen molar-refractivity contribution < 1.29 is 4.74 Å². The molecule has 0 aliphatic carbocycles. The van der Waals surface area contributed by atoms with Gasteiger partial charge in [-0.2, -0.15) is 0 Å². The summed E-state index contributed by atoms with van der Waals surface area (Å²) in [5.41, 5.74) is 5.88. The fraction of sp³-hybridized carbons (Fsp3) is 1.00. The van der Waals surface area contributed by atoms with Crippen LogP contribution in [0.5, 0.6) is 0 Å². The molecule has 3 heteroatoms. The van der Waals surface area contributed by atoms with Gasteiger partial charge in [-0.1, -0.05) is 27.2 Å². The minimum Gasteiger partial charge on any atom is -0.383 e. The average molecular weight is 216 g/mol. The maximum absolute atomic E-state index is 5.88. The summed E-state index contributed by atoms with van der Waals surface area (Å²) in [7, 11) is 1.76. The predicted molar refractivity (Wildman–Crippen MR) is 66.0 cm³/mol. The van der Waals surface area contributed by atoms with E-state index in [0.29, 0.717) is 18.0 Å². The average Bonchev–Trinajstić information content (AvgIpc) is 2.24. The molecule has 92 valence electrons. The quantitative estimate of drug-likeness (QED) is 0.671. The monoisotopic (exact) mass is 216 g/mol. The van der Waals surface area contributed by atoms with Crippen molar-refractivity contribution in [2.24, 2.45) is 11.7 Å². The van der Waals surface area contributed by atoms with Crippen LogP contribution in [0.3, 0.4) is 0 Å². The molecule has 0 radical (unpaired) electrons. The third-order valence-corrected chi connectivity index (χ3v) is 3.31. The number of methoxy groups -OCH3 is 1.